The lowest BCUT2D eigenvalue weighted by Crippen LogP contribution is -2.45. The first-order chi connectivity index (χ1) is 14.6. The third-order valence-corrected chi connectivity index (χ3v) is 10.1. The van der Waals surface area contributed by atoms with E-state index in [0.29, 0.717) is 5.69 Å². The molecule has 1 aliphatic heterocycles. The van der Waals surface area contributed by atoms with Crippen LogP contribution >= 0.6 is 31.9 Å². The van der Waals surface area contributed by atoms with Crippen molar-refractivity contribution >= 4 is 61.2 Å². The Morgan fingerprint density at radius 3 is 2.23 bits per heavy atom. The van der Waals surface area contributed by atoms with Gasteiger partial charge in [0, 0.05) is 15.3 Å². The molecule has 0 spiro atoms. The number of hydrogen-bond acceptors (Lipinski definition) is 5. The van der Waals surface area contributed by atoms with Crippen molar-refractivity contribution in [1.29, 1.82) is 0 Å². The summed E-state index contributed by atoms with van der Waals surface area (Å²) in [6.07, 6.45) is 0.823. The second-order valence-corrected chi connectivity index (χ2v) is 10.8. The van der Waals surface area contributed by atoms with Gasteiger partial charge in [-0.25, -0.2) is 4.79 Å². The Morgan fingerprint density at radius 1 is 1.10 bits per heavy atom. The average Bonchev–Trinajstić information content (AvgIpc) is 3.33. The van der Waals surface area contributed by atoms with Crippen molar-refractivity contribution in [2.45, 2.75) is 42.9 Å². The van der Waals surface area contributed by atoms with Crippen molar-refractivity contribution < 1.29 is 23.9 Å². The number of benzene rings is 1. The third-order valence-electron chi connectivity index (χ3n) is 6.89. The highest BCUT2D eigenvalue weighted by molar-refractivity contribution is 9.12. The topological polar surface area (TPSA) is 92.8 Å². The fraction of sp³-hybridized carbons (Fsp3) is 0.545. The van der Waals surface area contributed by atoms with Crippen LogP contribution in [-0.4, -0.2) is 50.9 Å². The highest BCUT2D eigenvalue weighted by Gasteiger charge is 2.67. The highest BCUT2D eigenvalue weighted by atomic mass is 79.9. The van der Waals surface area contributed by atoms with Crippen LogP contribution < -0.4 is 5.32 Å². The number of aryl methyl sites for hydroxylation is 2. The summed E-state index contributed by atoms with van der Waals surface area (Å²) in [5, 5.41) is 2.68. The summed E-state index contributed by atoms with van der Waals surface area (Å²) in [6.45, 7) is 4.89. The van der Waals surface area contributed by atoms with Crippen molar-refractivity contribution in [2.24, 2.45) is 23.7 Å². The van der Waals surface area contributed by atoms with Crippen LogP contribution in [0, 0.1) is 37.5 Å². The number of rotatable bonds is 5. The molecule has 1 aromatic carbocycles. The van der Waals surface area contributed by atoms with E-state index in [4.69, 9.17) is 4.74 Å². The number of hydrogen-bond donors (Lipinski definition) is 1. The summed E-state index contributed by atoms with van der Waals surface area (Å²) in [4.78, 5) is 52.0. The van der Waals surface area contributed by atoms with Crippen LogP contribution in [0.5, 0.6) is 0 Å². The first kappa shape index (κ1) is 22.5. The van der Waals surface area contributed by atoms with Gasteiger partial charge >= 0.3 is 5.97 Å². The number of nitrogens with one attached hydrogen (secondary N) is 1. The van der Waals surface area contributed by atoms with E-state index in [9.17, 15) is 19.2 Å². The first-order valence-corrected chi connectivity index (χ1v) is 12.1. The number of amides is 3. The number of halogens is 2. The Morgan fingerprint density at radius 2 is 1.68 bits per heavy atom. The summed E-state index contributed by atoms with van der Waals surface area (Å²) in [7, 11) is 0. The number of likely N-dealkylation sites (tertiary alicyclic amines) is 1. The summed E-state index contributed by atoms with van der Waals surface area (Å²) in [5.74, 6) is -2.50. The molecule has 3 fully saturated rings. The van der Waals surface area contributed by atoms with Crippen LogP contribution in [0.1, 0.15) is 24.5 Å². The SMILES string of the molecule is Cc1ccc(NC(=O)COC(=O)[C@H](C)N2C(=O)[C@@H]3[C@H]4C[C@@H]([C@H](Br)[C@@H]4Br)[C@@H]3C2=O)cc1C. The molecule has 9 heteroatoms. The van der Waals surface area contributed by atoms with Crippen molar-refractivity contribution in [3.05, 3.63) is 29.3 Å². The molecule has 4 rings (SSSR count). The van der Waals surface area contributed by atoms with Crippen LogP contribution in [0.2, 0.25) is 0 Å². The Hall–Kier alpha value is -1.74. The lowest BCUT2D eigenvalue weighted by Gasteiger charge is -2.28. The van der Waals surface area contributed by atoms with E-state index >= 15 is 0 Å². The van der Waals surface area contributed by atoms with Gasteiger partial charge in [0.05, 0.1) is 11.8 Å². The Kier molecular flexibility index (Phi) is 6.02. The Balaban J connectivity index is 1.36. The molecule has 1 N–H and O–H groups in total. The molecule has 3 aliphatic rings. The highest BCUT2D eigenvalue weighted by Crippen LogP contribution is 2.60. The van der Waals surface area contributed by atoms with E-state index in [1.807, 2.05) is 26.0 Å². The molecule has 1 heterocycles. The lowest BCUT2D eigenvalue weighted by atomic mass is 9.81. The molecule has 3 amide bonds. The average molecular weight is 556 g/mol. The van der Waals surface area contributed by atoms with E-state index < -0.39 is 24.5 Å². The molecule has 31 heavy (non-hydrogen) atoms. The van der Waals surface area contributed by atoms with Crippen molar-refractivity contribution in [3.8, 4) is 0 Å². The molecule has 0 aromatic heterocycles. The van der Waals surface area contributed by atoms with E-state index in [-0.39, 0.29) is 45.1 Å². The van der Waals surface area contributed by atoms with Gasteiger partial charge in [0.1, 0.15) is 6.04 Å². The molecule has 7 atom stereocenters. The summed E-state index contributed by atoms with van der Waals surface area (Å²) >= 11 is 7.28. The molecular weight excluding hydrogens is 532 g/mol. The number of carbonyl (C=O) groups excluding carboxylic acids is 4. The summed E-state index contributed by atoms with van der Waals surface area (Å²) < 4.78 is 5.12. The number of imide groups is 1. The van der Waals surface area contributed by atoms with Crippen molar-refractivity contribution in [2.75, 3.05) is 11.9 Å². The van der Waals surface area contributed by atoms with E-state index in [0.717, 1.165) is 22.4 Å². The number of nitrogens with zero attached hydrogens (tertiary/aromatic N) is 1. The zero-order valence-electron chi connectivity index (χ0n) is 17.4. The lowest BCUT2D eigenvalue weighted by molar-refractivity contribution is -0.159. The van der Waals surface area contributed by atoms with Gasteiger partial charge in [-0.05, 0) is 62.3 Å². The molecule has 7 nitrogen and oxygen atoms in total. The zero-order valence-corrected chi connectivity index (χ0v) is 20.6. The van der Waals surface area contributed by atoms with Crippen molar-refractivity contribution in [1.82, 2.24) is 4.90 Å². The predicted octanol–water partition coefficient (Wildman–Crippen LogP) is 2.95. The van der Waals surface area contributed by atoms with Gasteiger partial charge < -0.3 is 10.1 Å². The maximum atomic E-state index is 13.0. The van der Waals surface area contributed by atoms with E-state index in [1.54, 1.807) is 6.07 Å². The largest absolute Gasteiger partial charge is 0.454 e. The molecule has 166 valence electrons. The quantitative estimate of drug-likeness (QED) is 0.342. The molecule has 2 saturated carbocycles. The van der Waals surface area contributed by atoms with Crippen LogP contribution in [0.3, 0.4) is 0 Å². The van der Waals surface area contributed by atoms with Gasteiger partial charge in [-0.2, -0.15) is 0 Å². The number of alkyl halides is 2. The number of esters is 1. The standard InChI is InChI=1S/C22H24Br2N2O5/c1-9-4-5-12(6-10(9)2)25-15(27)8-31-22(30)11(3)26-20(28)16-13-7-14(17(16)21(26)29)19(24)18(13)23/h4-6,11,13-14,16-19H,7-8H2,1-3H3,(H,25,27)/t11-,13+,14+,16-,17+,18-,19+/m0/s1. The Labute approximate surface area is 197 Å². The number of anilines is 1. The molecule has 2 bridgehead atoms. The maximum Gasteiger partial charge on any atom is 0.329 e. The molecule has 0 radical (unpaired) electrons. The van der Waals surface area contributed by atoms with Crippen molar-refractivity contribution in [3.63, 3.8) is 0 Å². The predicted molar refractivity (Wildman–Crippen MR) is 121 cm³/mol. The van der Waals surface area contributed by atoms with Crippen LogP contribution in [0.25, 0.3) is 0 Å². The van der Waals surface area contributed by atoms with Gasteiger partial charge in [0.2, 0.25) is 11.8 Å². The maximum absolute atomic E-state index is 13.0. The van der Waals surface area contributed by atoms with Crippen LogP contribution in [0.15, 0.2) is 18.2 Å². The monoisotopic (exact) mass is 554 g/mol. The van der Waals surface area contributed by atoms with Gasteiger partial charge in [0.25, 0.3) is 5.91 Å². The molecule has 1 saturated heterocycles. The van der Waals surface area contributed by atoms with E-state index in [2.05, 4.69) is 37.2 Å². The smallest absolute Gasteiger partial charge is 0.329 e. The second kappa shape index (κ2) is 8.31. The minimum absolute atomic E-state index is 0.0767. The molecule has 1 aromatic rings. The molecular formula is C22H24Br2N2O5. The number of carbonyl (C=O) groups is 4. The van der Waals surface area contributed by atoms with Crippen LogP contribution in [0.4, 0.5) is 5.69 Å². The first-order valence-electron chi connectivity index (χ1n) is 10.3. The minimum Gasteiger partial charge on any atom is -0.454 e. The van der Waals surface area contributed by atoms with Gasteiger partial charge in [-0.3, -0.25) is 19.3 Å². The van der Waals surface area contributed by atoms with Gasteiger partial charge in [-0.1, -0.05) is 37.9 Å². The number of ether oxygens (including phenoxy) is 1. The second-order valence-electron chi connectivity index (χ2n) is 8.68. The fourth-order valence-corrected chi connectivity index (χ4v) is 7.01. The third kappa shape index (κ3) is 3.73. The summed E-state index contributed by atoms with van der Waals surface area (Å²) in [6, 6.07) is 4.43. The van der Waals surface area contributed by atoms with Crippen LogP contribution in [-0.2, 0) is 23.9 Å². The Bertz CT molecular complexity index is 935. The van der Waals surface area contributed by atoms with Gasteiger partial charge in [0.15, 0.2) is 6.61 Å². The number of fused-ring (bicyclic) bond motifs is 5. The van der Waals surface area contributed by atoms with E-state index in [1.165, 1.54) is 6.92 Å². The fourth-order valence-electron chi connectivity index (χ4n) is 5.13. The normalized spacial score (nSPS) is 32.2. The molecule has 2 aliphatic carbocycles. The minimum atomic E-state index is -1.07. The van der Waals surface area contributed by atoms with Gasteiger partial charge in [-0.15, -0.1) is 0 Å². The summed E-state index contributed by atoms with van der Waals surface area (Å²) in [5.41, 5.74) is 2.75. The zero-order chi connectivity index (χ0) is 22.6. The molecule has 0 unspecified atom stereocenters.